The number of halogens is 12. The Balaban J connectivity index is 1.31. The Kier molecular flexibility index (Phi) is 9.77. The second-order valence-electron chi connectivity index (χ2n) is 14.9. The second kappa shape index (κ2) is 14.2. The van der Waals surface area contributed by atoms with E-state index in [9.17, 15) is 59.0 Å². The summed E-state index contributed by atoms with van der Waals surface area (Å²) in [5.74, 6) is -14.9. The lowest BCUT2D eigenvalue weighted by atomic mass is 9.49. The van der Waals surface area contributed by atoms with Crippen LogP contribution in [0, 0.1) is 29.5 Å². The minimum absolute atomic E-state index is 0.0465. The summed E-state index contributed by atoms with van der Waals surface area (Å²) in [7, 11) is 0. The molecular weight excluding hydrogens is 877 g/mol. The quantitative estimate of drug-likeness (QED) is 0.116. The number of alkyl halides is 9. The Morgan fingerprint density at radius 1 is 0.770 bits per heavy atom. The molecule has 3 aromatic carbocycles. The molecule has 4 aliphatic rings. The van der Waals surface area contributed by atoms with Crippen molar-refractivity contribution in [2.45, 2.75) is 42.7 Å². The van der Waals surface area contributed by atoms with Crippen molar-refractivity contribution in [3.8, 4) is 5.75 Å². The van der Waals surface area contributed by atoms with Gasteiger partial charge in [0.15, 0.2) is 17.4 Å². The number of aromatic nitrogens is 1. The molecule has 2 aliphatic heterocycles. The number of rotatable bonds is 5. The monoisotopic (exact) mass is 900 g/mol. The number of nitrogens with one attached hydrogen (secondary N) is 1. The summed E-state index contributed by atoms with van der Waals surface area (Å²) in [5.41, 5.74) is -5.89. The van der Waals surface area contributed by atoms with Gasteiger partial charge in [-0.05, 0) is 66.8 Å². The van der Waals surface area contributed by atoms with Crippen LogP contribution in [0.25, 0.3) is 0 Å². The predicted octanol–water partition coefficient (Wildman–Crippen LogP) is 9.48. The zero-order valence-electron chi connectivity index (χ0n) is 30.3. The Morgan fingerprint density at radius 3 is 1.98 bits per heavy atom. The summed E-state index contributed by atoms with van der Waals surface area (Å²) in [6.07, 6.45) is -14.7. The van der Waals surface area contributed by atoms with Gasteiger partial charge in [-0.3, -0.25) is 24.6 Å². The lowest BCUT2D eigenvalue weighted by molar-refractivity contribution is -0.143. The van der Waals surface area contributed by atoms with Crippen LogP contribution in [0.15, 0.2) is 84.6 Å². The number of para-hydroxylation sites is 1. The number of hydrogen-bond donors (Lipinski definition) is 2. The van der Waals surface area contributed by atoms with Gasteiger partial charge in [-0.1, -0.05) is 59.1 Å². The third kappa shape index (κ3) is 6.58. The van der Waals surface area contributed by atoms with E-state index in [-0.39, 0.29) is 51.2 Å². The molecule has 0 unspecified atom stereocenters. The smallest absolute Gasteiger partial charge is 0.417 e. The highest BCUT2D eigenvalue weighted by Crippen LogP contribution is 2.65. The molecule has 1 aromatic heterocycles. The second-order valence-corrected chi connectivity index (χ2v) is 15.7. The lowest BCUT2D eigenvalue weighted by Crippen LogP contribution is -2.53. The Morgan fingerprint density at radius 2 is 1.39 bits per heavy atom. The Hall–Kier alpha value is -5.69. The van der Waals surface area contributed by atoms with Crippen LogP contribution in [-0.4, -0.2) is 38.7 Å². The molecule has 0 radical (unpaired) electrons. The molecule has 2 aliphatic carbocycles. The first-order chi connectivity index (χ1) is 28.5. The number of anilines is 2. The molecule has 61 heavy (non-hydrogen) atoms. The van der Waals surface area contributed by atoms with Crippen LogP contribution < -0.4 is 10.3 Å². The zero-order valence-corrected chi connectivity index (χ0v) is 31.8. The van der Waals surface area contributed by atoms with Crippen LogP contribution in [0.4, 0.5) is 55.4 Å². The van der Waals surface area contributed by atoms with Crippen molar-refractivity contribution in [3.05, 3.63) is 128 Å². The number of aromatic hydroxyl groups is 1. The number of allylic oxidation sites excluding steroid dienone is 2. The van der Waals surface area contributed by atoms with Crippen LogP contribution in [-0.2, 0) is 43.1 Å². The van der Waals surface area contributed by atoms with Gasteiger partial charge in [-0.25, -0.2) is 14.3 Å². The number of imide groups is 2. The molecule has 2 N–H and O–H groups in total. The fourth-order valence-electron chi connectivity index (χ4n) is 9.21. The number of hydrogen-bond acceptors (Lipinski definition) is 7. The highest BCUT2D eigenvalue weighted by molar-refractivity contribution is 6.33. The van der Waals surface area contributed by atoms with E-state index in [1.54, 1.807) is 0 Å². The number of hydrazine groups is 1. The number of amides is 4. The van der Waals surface area contributed by atoms with Crippen LogP contribution >= 0.6 is 23.2 Å². The number of nitrogens with zero attached hydrogens (tertiary/aromatic N) is 3. The number of pyridine rings is 1. The van der Waals surface area contributed by atoms with E-state index in [2.05, 4.69) is 10.4 Å². The van der Waals surface area contributed by atoms with Gasteiger partial charge in [0, 0.05) is 22.7 Å². The standard InChI is InChI=1S/C40H24Cl2F10N4O5/c41-20-6-4-16(5-7-20)37-26(34(59)56(36(37)61)54-32-27(42)13-19(15-53-32)40(50,51)52)14-25-22(30(37)24-2-1-3-28(43)31(24)57)8-9-23-29(25)35(60)55(33(23)58)21-11-17(38(44,45)46)10-18(12-21)39(47,48)49/h1-8,10-13,15,23,25-26,29-30,57H,9,14H2,(H,53,54)/t23-,25+,26-,29-,30+,37+/m0/s1. The van der Waals surface area contributed by atoms with Crippen LogP contribution in [0.5, 0.6) is 5.75 Å². The first-order valence-corrected chi connectivity index (χ1v) is 18.7. The first-order valence-electron chi connectivity index (χ1n) is 17.9. The van der Waals surface area contributed by atoms with E-state index in [0.29, 0.717) is 17.3 Å². The van der Waals surface area contributed by atoms with Crippen molar-refractivity contribution in [1.29, 1.82) is 0 Å². The maximum Gasteiger partial charge on any atom is 0.417 e. The normalized spacial score (nSPS) is 25.4. The molecule has 6 atom stereocenters. The van der Waals surface area contributed by atoms with E-state index in [1.165, 1.54) is 42.5 Å². The zero-order chi connectivity index (χ0) is 44.3. The van der Waals surface area contributed by atoms with Crippen molar-refractivity contribution in [1.82, 2.24) is 9.99 Å². The van der Waals surface area contributed by atoms with Crippen LogP contribution in [0.2, 0.25) is 10.0 Å². The molecule has 2 saturated heterocycles. The highest BCUT2D eigenvalue weighted by Gasteiger charge is 2.71. The average Bonchev–Trinajstić information content (AvgIpc) is 3.56. The van der Waals surface area contributed by atoms with Crippen LogP contribution in [0.3, 0.4) is 0 Å². The van der Waals surface area contributed by atoms with Gasteiger partial charge >= 0.3 is 18.5 Å². The minimum atomic E-state index is -5.34. The van der Waals surface area contributed by atoms with Gasteiger partial charge < -0.3 is 5.11 Å². The molecule has 0 bridgehead atoms. The van der Waals surface area contributed by atoms with Gasteiger partial charge in [0.05, 0.1) is 50.6 Å². The first kappa shape index (κ1) is 42.0. The summed E-state index contributed by atoms with van der Waals surface area (Å²) in [6, 6.07) is 9.46. The van der Waals surface area contributed by atoms with Gasteiger partial charge in [-0.15, -0.1) is 0 Å². The fraction of sp³-hybridized carbons (Fsp3) is 0.275. The maximum atomic E-state index is 15.4. The lowest BCUT2D eigenvalue weighted by Gasteiger charge is -2.50. The molecule has 0 spiro atoms. The van der Waals surface area contributed by atoms with Crippen molar-refractivity contribution >= 4 is 58.3 Å². The molecule has 3 fully saturated rings. The molecule has 1 saturated carbocycles. The van der Waals surface area contributed by atoms with E-state index in [1.807, 2.05) is 0 Å². The number of phenolic OH excluding ortho intramolecular Hbond substituents is 1. The molecule has 318 valence electrons. The summed E-state index contributed by atoms with van der Waals surface area (Å²) in [6.45, 7) is 0. The largest absolute Gasteiger partial charge is 0.505 e. The molecule has 21 heteroatoms. The molecule has 4 aromatic rings. The fourth-order valence-corrected chi connectivity index (χ4v) is 9.55. The van der Waals surface area contributed by atoms with Crippen molar-refractivity contribution in [3.63, 3.8) is 0 Å². The van der Waals surface area contributed by atoms with E-state index >= 15 is 9.18 Å². The highest BCUT2D eigenvalue weighted by atomic mass is 35.5. The molecular formula is C40H24Cl2F10N4O5. The summed E-state index contributed by atoms with van der Waals surface area (Å²) >= 11 is 12.4. The van der Waals surface area contributed by atoms with E-state index < -0.39 is 128 Å². The third-order valence-corrected chi connectivity index (χ3v) is 12.3. The van der Waals surface area contributed by atoms with Crippen molar-refractivity contribution in [2.75, 3.05) is 10.3 Å². The molecule has 4 amide bonds. The van der Waals surface area contributed by atoms with Crippen LogP contribution in [0.1, 0.15) is 46.6 Å². The van der Waals surface area contributed by atoms with E-state index in [4.69, 9.17) is 23.2 Å². The molecule has 8 rings (SSSR count). The van der Waals surface area contributed by atoms with Crippen molar-refractivity contribution in [2.24, 2.45) is 23.7 Å². The Bertz CT molecular complexity index is 2550. The molecule has 3 heterocycles. The summed E-state index contributed by atoms with van der Waals surface area (Å²) in [4.78, 5) is 62.3. The number of phenols is 1. The Labute approximate surface area is 346 Å². The topological polar surface area (TPSA) is 120 Å². The average molecular weight is 902 g/mol. The van der Waals surface area contributed by atoms with Crippen molar-refractivity contribution < 1.29 is 68.2 Å². The number of carbonyl (C=O) groups excluding carboxylic acids is 4. The minimum Gasteiger partial charge on any atom is -0.505 e. The van der Waals surface area contributed by atoms with Gasteiger partial charge in [-0.2, -0.15) is 44.5 Å². The number of benzene rings is 3. The van der Waals surface area contributed by atoms with Gasteiger partial charge in [0.2, 0.25) is 11.8 Å². The number of carbonyl (C=O) groups is 4. The predicted molar refractivity (Wildman–Crippen MR) is 194 cm³/mol. The molecule has 9 nitrogen and oxygen atoms in total. The third-order valence-electron chi connectivity index (χ3n) is 11.7. The summed E-state index contributed by atoms with van der Waals surface area (Å²) in [5, 5.41) is 11.2. The number of fused-ring (bicyclic) bond motifs is 4. The maximum absolute atomic E-state index is 15.4. The van der Waals surface area contributed by atoms with E-state index in [0.717, 1.165) is 6.07 Å². The summed E-state index contributed by atoms with van der Waals surface area (Å²) < 4.78 is 139. The van der Waals surface area contributed by atoms with Gasteiger partial charge in [0.25, 0.3) is 11.8 Å². The van der Waals surface area contributed by atoms with Gasteiger partial charge in [0.1, 0.15) is 0 Å². The SMILES string of the molecule is O=C1[C@@H]2C[C@@H]3C(=CC[C@@H]4C(=O)N(c5cc(C(F)(F)F)cc(C(F)(F)F)c5)C(=O)[C@@H]43)[C@H](c3cccc(F)c3O)[C@]2(c2ccc(Cl)cc2)C(=O)N1Nc1ncc(C(F)(F)F)cc1Cl.